The second kappa shape index (κ2) is 6.23. The smallest absolute Gasteiger partial charge is 0.246 e. The highest BCUT2D eigenvalue weighted by molar-refractivity contribution is 7.89. The highest BCUT2D eigenvalue weighted by Crippen LogP contribution is 2.17. The molecule has 0 fully saturated rings. The summed E-state index contributed by atoms with van der Waals surface area (Å²) in [5.41, 5.74) is 10.8. The summed E-state index contributed by atoms with van der Waals surface area (Å²) in [7, 11) is -3.94. The van der Waals surface area contributed by atoms with E-state index in [0.29, 0.717) is 6.54 Å². The van der Waals surface area contributed by atoms with Gasteiger partial charge in [-0.25, -0.2) is 8.42 Å². The molecule has 1 aromatic heterocycles. The number of primary amides is 1. The Morgan fingerprint density at radius 3 is 2.55 bits per heavy atom. The number of amides is 1. The molecule has 20 heavy (non-hydrogen) atoms. The number of rotatable bonds is 7. The SMILES string of the molecule is CCCn1cc(S(=O)(=O)NC(C(N)=O)C(C)C)c(N)n1. The first-order valence-corrected chi connectivity index (χ1v) is 7.82. The molecule has 0 aromatic carbocycles. The Kier molecular flexibility index (Phi) is 5.12. The van der Waals surface area contributed by atoms with Gasteiger partial charge in [-0.05, 0) is 12.3 Å². The molecule has 114 valence electrons. The number of aryl methyl sites for hydroxylation is 1. The third-order valence-electron chi connectivity index (χ3n) is 2.75. The lowest BCUT2D eigenvalue weighted by atomic mass is 10.1. The molecular weight excluding hydrogens is 282 g/mol. The van der Waals surface area contributed by atoms with E-state index in [1.54, 1.807) is 13.8 Å². The Balaban J connectivity index is 3.07. The highest BCUT2D eigenvalue weighted by Gasteiger charge is 2.29. The molecule has 0 spiro atoms. The van der Waals surface area contributed by atoms with Crippen molar-refractivity contribution in [3.8, 4) is 0 Å². The van der Waals surface area contributed by atoms with Gasteiger partial charge in [0.1, 0.15) is 10.9 Å². The van der Waals surface area contributed by atoms with Gasteiger partial charge >= 0.3 is 0 Å². The minimum atomic E-state index is -3.94. The molecule has 0 aliphatic rings. The van der Waals surface area contributed by atoms with Crippen molar-refractivity contribution in [1.82, 2.24) is 14.5 Å². The fourth-order valence-corrected chi connectivity index (χ4v) is 3.15. The molecule has 0 aliphatic heterocycles. The van der Waals surface area contributed by atoms with E-state index in [2.05, 4.69) is 9.82 Å². The molecule has 1 amide bonds. The Labute approximate surface area is 118 Å². The summed E-state index contributed by atoms with van der Waals surface area (Å²) < 4.78 is 28.2. The van der Waals surface area contributed by atoms with E-state index >= 15 is 0 Å². The number of carbonyl (C=O) groups is 1. The molecule has 1 rings (SSSR count). The summed E-state index contributed by atoms with van der Waals surface area (Å²) in [4.78, 5) is 11.1. The fraction of sp³-hybridized carbons (Fsp3) is 0.636. The van der Waals surface area contributed by atoms with Crippen molar-refractivity contribution in [3.05, 3.63) is 6.20 Å². The number of nitrogens with two attached hydrogens (primary N) is 2. The van der Waals surface area contributed by atoms with E-state index in [9.17, 15) is 13.2 Å². The molecule has 9 heteroatoms. The minimum absolute atomic E-state index is 0.0991. The van der Waals surface area contributed by atoms with Crippen molar-refractivity contribution >= 4 is 21.7 Å². The van der Waals surface area contributed by atoms with Crippen LogP contribution in [-0.2, 0) is 21.4 Å². The van der Waals surface area contributed by atoms with Crippen LogP contribution in [0.1, 0.15) is 27.2 Å². The van der Waals surface area contributed by atoms with E-state index in [0.717, 1.165) is 6.42 Å². The van der Waals surface area contributed by atoms with Crippen LogP contribution in [0.5, 0.6) is 0 Å². The van der Waals surface area contributed by atoms with Gasteiger partial charge in [0.05, 0.1) is 0 Å². The topological polar surface area (TPSA) is 133 Å². The summed E-state index contributed by atoms with van der Waals surface area (Å²) in [5, 5.41) is 3.92. The third kappa shape index (κ3) is 3.70. The number of hydrogen-bond donors (Lipinski definition) is 3. The van der Waals surface area contributed by atoms with E-state index in [4.69, 9.17) is 11.5 Å². The van der Waals surface area contributed by atoms with Crippen LogP contribution in [0.15, 0.2) is 11.1 Å². The van der Waals surface area contributed by atoms with Crippen molar-refractivity contribution in [2.75, 3.05) is 5.73 Å². The lowest BCUT2D eigenvalue weighted by molar-refractivity contribution is -0.120. The number of aromatic nitrogens is 2. The van der Waals surface area contributed by atoms with Crippen molar-refractivity contribution < 1.29 is 13.2 Å². The van der Waals surface area contributed by atoms with Crippen LogP contribution < -0.4 is 16.2 Å². The number of nitrogens with zero attached hydrogens (tertiary/aromatic N) is 2. The van der Waals surface area contributed by atoms with Gasteiger partial charge in [-0.3, -0.25) is 9.48 Å². The first-order chi connectivity index (χ1) is 9.19. The quantitative estimate of drug-likeness (QED) is 0.634. The van der Waals surface area contributed by atoms with Gasteiger partial charge in [0.25, 0.3) is 0 Å². The number of nitrogens with one attached hydrogen (secondary N) is 1. The average molecular weight is 303 g/mol. The number of anilines is 1. The summed E-state index contributed by atoms with van der Waals surface area (Å²) in [6.45, 7) is 5.89. The second-order valence-electron chi connectivity index (χ2n) is 4.89. The molecular formula is C11H21N5O3S. The van der Waals surface area contributed by atoms with Crippen molar-refractivity contribution in [2.45, 2.75) is 44.7 Å². The van der Waals surface area contributed by atoms with Crippen LogP contribution in [0.4, 0.5) is 5.82 Å². The van der Waals surface area contributed by atoms with Crippen LogP contribution >= 0.6 is 0 Å². The average Bonchev–Trinajstić information content (AvgIpc) is 2.68. The van der Waals surface area contributed by atoms with E-state index in [-0.39, 0.29) is 16.6 Å². The molecule has 0 saturated heterocycles. The van der Waals surface area contributed by atoms with Gasteiger partial charge < -0.3 is 11.5 Å². The Morgan fingerprint density at radius 2 is 2.10 bits per heavy atom. The first kappa shape index (κ1) is 16.4. The Hall–Kier alpha value is -1.61. The first-order valence-electron chi connectivity index (χ1n) is 6.33. The maximum absolute atomic E-state index is 12.2. The zero-order valence-electron chi connectivity index (χ0n) is 11.8. The Morgan fingerprint density at radius 1 is 1.50 bits per heavy atom. The summed E-state index contributed by atoms with van der Waals surface area (Å²) in [6.07, 6.45) is 2.14. The van der Waals surface area contributed by atoms with Crippen molar-refractivity contribution in [3.63, 3.8) is 0 Å². The van der Waals surface area contributed by atoms with Crippen molar-refractivity contribution in [1.29, 1.82) is 0 Å². The summed E-state index contributed by atoms with van der Waals surface area (Å²) in [6, 6.07) is -0.992. The summed E-state index contributed by atoms with van der Waals surface area (Å²) >= 11 is 0. The second-order valence-corrected chi connectivity index (χ2v) is 6.57. The zero-order chi connectivity index (χ0) is 15.5. The maximum atomic E-state index is 12.2. The van der Waals surface area contributed by atoms with Gasteiger partial charge in [-0.1, -0.05) is 20.8 Å². The maximum Gasteiger partial charge on any atom is 0.246 e. The van der Waals surface area contributed by atoms with Crippen LogP contribution in [-0.4, -0.2) is 30.1 Å². The molecule has 0 saturated carbocycles. The molecule has 8 nitrogen and oxygen atoms in total. The van der Waals surface area contributed by atoms with E-state index in [1.807, 2.05) is 6.92 Å². The number of hydrogen-bond acceptors (Lipinski definition) is 5. The molecule has 5 N–H and O–H groups in total. The highest BCUT2D eigenvalue weighted by atomic mass is 32.2. The molecule has 1 unspecified atom stereocenters. The molecule has 0 aliphatic carbocycles. The fourth-order valence-electron chi connectivity index (χ4n) is 1.72. The van der Waals surface area contributed by atoms with Crippen LogP contribution in [0.3, 0.4) is 0 Å². The van der Waals surface area contributed by atoms with Crippen molar-refractivity contribution in [2.24, 2.45) is 11.7 Å². The van der Waals surface area contributed by atoms with Crippen LogP contribution in [0.25, 0.3) is 0 Å². The molecule has 0 radical (unpaired) electrons. The van der Waals surface area contributed by atoms with E-state index in [1.165, 1.54) is 10.9 Å². The summed E-state index contributed by atoms with van der Waals surface area (Å²) in [5.74, 6) is -1.10. The number of nitrogen functional groups attached to an aromatic ring is 1. The van der Waals surface area contributed by atoms with Crippen LogP contribution in [0.2, 0.25) is 0 Å². The third-order valence-corrected chi connectivity index (χ3v) is 4.21. The standard InChI is InChI=1S/C11H21N5O3S/c1-4-5-16-6-8(10(12)14-16)20(18,19)15-9(7(2)3)11(13)17/h6-7,9,15H,4-5H2,1-3H3,(H2,12,14)(H2,13,17). The minimum Gasteiger partial charge on any atom is -0.381 e. The number of sulfonamides is 1. The monoisotopic (exact) mass is 303 g/mol. The van der Waals surface area contributed by atoms with Gasteiger partial charge in [0.2, 0.25) is 15.9 Å². The molecule has 0 bridgehead atoms. The largest absolute Gasteiger partial charge is 0.381 e. The van der Waals surface area contributed by atoms with Gasteiger partial charge in [-0.2, -0.15) is 9.82 Å². The van der Waals surface area contributed by atoms with Gasteiger partial charge in [-0.15, -0.1) is 0 Å². The Bertz CT molecular complexity index is 579. The predicted octanol–water partition coefficient (Wildman–Crippen LogP) is -0.336. The molecule has 1 atom stereocenters. The lowest BCUT2D eigenvalue weighted by Gasteiger charge is -2.18. The van der Waals surface area contributed by atoms with E-state index < -0.39 is 22.0 Å². The van der Waals surface area contributed by atoms with Gasteiger partial charge in [0.15, 0.2) is 5.82 Å². The molecule has 1 aromatic rings. The normalized spacial score (nSPS) is 13.6. The molecule has 1 heterocycles. The number of carbonyl (C=O) groups excluding carboxylic acids is 1. The lowest BCUT2D eigenvalue weighted by Crippen LogP contribution is -2.47. The zero-order valence-corrected chi connectivity index (χ0v) is 12.6. The predicted molar refractivity (Wildman–Crippen MR) is 75.1 cm³/mol. The van der Waals surface area contributed by atoms with Crippen LogP contribution in [0, 0.1) is 5.92 Å². The van der Waals surface area contributed by atoms with Gasteiger partial charge in [0, 0.05) is 12.7 Å².